The molecule has 2 rings (SSSR count). The summed E-state index contributed by atoms with van der Waals surface area (Å²) in [5.74, 6) is 0.0723. The largest absolute Gasteiger partial charge is 0.366 e. The van der Waals surface area contributed by atoms with Crippen LogP contribution in [0.25, 0.3) is 0 Å². The van der Waals surface area contributed by atoms with Crippen LogP contribution in [0.2, 0.25) is 0 Å². The van der Waals surface area contributed by atoms with Gasteiger partial charge in [0.2, 0.25) is 11.8 Å². The maximum atomic E-state index is 12.0. The minimum atomic E-state index is -0.181. The maximum Gasteiger partial charge on any atom is 0.291 e. The van der Waals surface area contributed by atoms with E-state index < -0.39 is 0 Å². The van der Waals surface area contributed by atoms with Crippen molar-refractivity contribution in [1.82, 2.24) is 25.0 Å². The molecule has 1 aromatic heterocycles. The van der Waals surface area contributed by atoms with Crippen molar-refractivity contribution >= 4 is 11.9 Å². The molecule has 96 valence electrons. The summed E-state index contributed by atoms with van der Waals surface area (Å²) in [6.07, 6.45) is 0.520. The summed E-state index contributed by atoms with van der Waals surface area (Å²) in [5.41, 5.74) is 5.36. The zero-order valence-corrected chi connectivity index (χ0v) is 9.96. The van der Waals surface area contributed by atoms with Crippen molar-refractivity contribution < 1.29 is 4.79 Å². The minimum Gasteiger partial charge on any atom is -0.366 e. The lowest BCUT2D eigenvalue weighted by Gasteiger charge is -2.33. The number of rotatable bonds is 3. The summed E-state index contributed by atoms with van der Waals surface area (Å²) in [5, 5.41) is 14.7. The lowest BCUT2D eigenvalue weighted by molar-refractivity contribution is 0.0628. The maximum absolute atomic E-state index is 12.0. The summed E-state index contributed by atoms with van der Waals surface area (Å²) in [6, 6.07) is 2.12. The van der Waals surface area contributed by atoms with Crippen LogP contribution in [0.5, 0.6) is 0 Å². The van der Waals surface area contributed by atoms with Gasteiger partial charge in [-0.15, -0.1) is 5.10 Å². The number of nitrogens with one attached hydrogen (secondary N) is 1. The third-order valence-corrected chi connectivity index (χ3v) is 2.90. The topological polar surface area (TPSA) is 115 Å². The Hall–Kier alpha value is -2.14. The average molecular weight is 249 g/mol. The molecule has 1 aliphatic heterocycles. The number of nitrogens with zero attached hydrogens (tertiary/aromatic N) is 5. The first-order chi connectivity index (χ1) is 8.70. The normalized spacial score (nSPS) is 16.5. The molecule has 8 nitrogen and oxygen atoms in total. The SMILES string of the molecule is N#CCCN1CCN(C(=O)c2nc(N)n[nH]2)CC1. The van der Waals surface area contributed by atoms with Crippen LogP contribution in [0.3, 0.4) is 0 Å². The van der Waals surface area contributed by atoms with Crippen LogP contribution >= 0.6 is 0 Å². The summed E-state index contributed by atoms with van der Waals surface area (Å²) in [4.78, 5) is 19.7. The fraction of sp³-hybridized carbons (Fsp3) is 0.600. The Morgan fingerprint density at radius 1 is 1.44 bits per heavy atom. The standard InChI is InChI=1S/C10H15N7O/c11-2-1-3-16-4-6-17(7-5-16)9(18)8-13-10(12)15-14-8/h1,3-7H2,(H3,12,13,14,15). The molecule has 1 aromatic rings. The highest BCUT2D eigenvalue weighted by Crippen LogP contribution is 2.06. The molecule has 1 saturated heterocycles. The van der Waals surface area contributed by atoms with Gasteiger partial charge in [0.1, 0.15) is 0 Å². The molecule has 18 heavy (non-hydrogen) atoms. The molecule has 0 bridgehead atoms. The van der Waals surface area contributed by atoms with Crippen molar-refractivity contribution in [1.29, 1.82) is 5.26 Å². The summed E-state index contributed by atoms with van der Waals surface area (Å²) < 4.78 is 0. The molecule has 0 unspecified atom stereocenters. The summed E-state index contributed by atoms with van der Waals surface area (Å²) in [6.45, 7) is 3.57. The van der Waals surface area contributed by atoms with Gasteiger partial charge in [-0.2, -0.15) is 10.2 Å². The fourth-order valence-electron chi connectivity index (χ4n) is 1.90. The van der Waals surface area contributed by atoms with E-state index in [1.165, 1.54) is 0 Å². The van der Waals surface area contributed by atoms with Gasteiger partial charge >= 0.3 is 0 Å². The fourth-order valence-corrected chi connectivity index (χ4v) is 1.90. The van der Waals surface area contributed by atoms with Gasteiger partial charge in [0.05, 0.1) is 6.07 Å². The van der Waals surface area contributed by atoms with Gasteiger partial charge in [0.15, 0.2) is 0 Å². The molecule has 8 heteroatoms. The first-order valence-electron chi connectivity index (χ1n) is 5.77. The second-order valence-electron chi connectivity index (χ2n) is 4.08. The van der Waals surface area contributed by atoms with Gasteiger partial charge in [-0.1, -0.05) is 0 Å². The van der Waals surface area contributed by atoms with Crippen LogP contribution in [0.4, 0.5) is 5.95 Å². The number of nitrogens with two attached hydrogens (primary N) is 1. The molecule has 0 atom stereocenters. The average Bonchev–Trinajstić information content (AvgIpc) is 2.83. The van der Waals surface area contributed by atoms with E-state index in [9.17, 15) is 4.79 Å². The minimum absolute atomic E-state index is 0.0750. The number of amides is 1. The number of anilines is 1. The molecule has 0 aliphatic carbocycles. The van der Waals surface area contributed by atoms with E-state index in [0.717, 1.165) is 19.6 Å². The lowest BCUT2D eigenvalue weighted by Crippen LogP contribution is -2.49. The van der Waals surface area contributed by atoms with Crippen LogP contribution < -0.4 is 5.73 Å². The Morgan fingerprint density at radius 3 is 2.72 bits per heavy atom. The van der Waals surface area contributed by atoms with Crippen molar-refractivity contribution in [3.63, 3.8) is 0 Å². The zero-order valence-electron chi connectivity index (χ0n) is 9.96. The molecule has 3 N–H and O–H groups in total. The number of aromatic nitrogens is 3. The Bertz CT molecular complexity index is 455. The van der Waals surface area contributed by atoms with Crippen molar-refractivity contribution in [3.8, 4) is 6.07 Å². The number of carbonyl (C=O) groups excluding carboxylic acids is 1. The van der Waals surface area contributed by atoms with E-state index in [-0.39, 0.29) is 17.7 Å². The molecular weight excluding hydrogens is 234 g/mol. The second-order valence-corrected chi connectivity index (χ2v) is 4.08. The van der Waals surface area contributed by atoms with Crippen molar-refractivity contribution in [2.75, 3.05) is 38.5 Å². The van der Waals surface area contributed by atoms with E-state index in [1.807, 2.05) is 0 Å². The smallest absolute Gasteiger partial charge is 0.291 e. The van der Waals surface area contributed by atoms with Crippen LogP contribution in [-0.4, -0.2) is 63.6 Å². The van der Waals surface area contributed by atoms with E-state index in [2.05, 4.69) is 26.2 Å². The van der Waals surface area contributed by atoms with Crippen LogP contribution in [-0.2, 0) is 0 Å². The Balaban J connectivity index is 1.86. The predicted molar refractivity (Wildman–Crippen MR) is 63.4 cm³/mol. The van der Waals surface area contributed by atoms with Crippen molar-refractivity contribution in [2.24, 2.45) is 0 Å². The number of piperazine rings is 1. The molecule has 0 aromatic carbocycles. The summed E-state index contributed by atoms with van der Waals surface area (Å²) >= 11 is 0. The van der Waals surface area contributed by atoms with Gasteiger partial charge in [0, 0.05) is 39.1 Å². The monoisotopic (exact) mass is 249 g/mol. The Labute approximate surface area is 104 Å². The molecule has 2 heterocycles. The highest BCUT2D eigenvalue weighted by Gasteiger charge is 2.23. The van der Waals surface area contributed by atoms with Crippen LogP contribution in [0.15, 0.2) is 0 Å². The van der Waals surface area contributed by atoms with E-state index in [1.54, 1.807) is 4.90 Å². The molecule has 1 aliphatic rings. The highest BCUT2D eigenvalue weighted by molar-refractivity contribution is 5.90. The van der Waals surface area contributed by atoms with Crippen LogP contribution in [0, 0.1) is 11.3 Å². The molecule has 0 radical (unpaired) electrons. The zero-order chi connectivity index (χ0) is 13.0. The molecule has 0 spiro atoms. The summed E-state index contributed by atoms with van der Waals surface area (Å²) in [7, 11) is 0. The number of hydrogen-bond donors (Lipinski definition) is 2. The molecular formula is C10H15N7O. The van der Waals surface area contributed by atoms with E-state index in [4.69, 9.17) is 11.0 Å². The van der Waals surface area contributed by atoms with Crippen molar-refractivity contribution in [3.05, 3.63) is 5.82 Å². The number of H-pyrrole nitrogens is 1. The number of nitrogen functional groups attached to an aromatic ring is 1. The molecule has 1 fully saturated rings. The van der Waals surface area contributed by atoms with E-state index >= 15 is 0 Å². The Kier molecular flexibility index (Phi) is 3.74. The second kappa shape index (κ2) is 5.46. The predicted octanol–water partition coefficient (Wildman–Crippen LogP) is -0.942. The van der Waals surface area contributed by atoms with E-state index in [0.29, 0.717) is 19.5 Å². The Morgan fingerprint density at radius 2 is 2.17 bits per heavy atom. The number of carbonyl (C=O) groups is 1. The van der Waals surface area contributed by atoms with Gasteiger partial charge in [-0.05, 0) is 0 Å². The van der Waals surface area contributed by atoms with Crippen LogP contribution in [0.1, 0.15) is 17.0 Å². The van der Waals surface area contributed by atoms with Gasteiger partial charge in [-0.3, -0.25) is 14.8 Å². The van der Waals surface area contributed by atoms with Gasteiger partial charge in [0.25, 0.3) is 5.91 Å². The quantitative estimate of drug-likeness (QED) is 0.714. The van der Waals surface area contributed by atoms with Gasteiger partial charge < -0.3 is 10.6 Å². The first-order valence-corrected chi connectivity index (χ1v) is 5.77. The first kappa shape index (κ1) is 12.3. The molecule has 1 amide bonds. The number of hydrogen-bond acceptors (Lipinski definition) is 6. The number of aromatic amines is 1. The third-order valence-electron chi connectivity index (χ3n) is 2.90. The third kappa shape index (κ3) is 2.75. The lowest BCUT2D eigenvalue weighted by atomic mass is 10.3. The highest BCUT2D eigenvalue weighted by atomic mass is 16.2. The van der Waals surface area contributed by atoms with Gasteiger partial charge in [-0.25, -0.2) is 0 Å². The van der Waals surface area contributed by atoms with Crippen molar-refractivity contribution in [2.45, 2.75) is 6.42 Å². The molecule has 0 saturated carbocycles. The number of nitriles is 1.